The van der Waals surface area contributed by atoms with E-state index in [9.17, 15) is 13.2 Å². The van der Waals surface area contributed by atoms with Crippen LogP contribution in [-0.4, -0.2) is 46.9 Å². The fraction of sp³-hybridized carbons (Fsp3) is 0.417. The molecule has 1 amide bonds. The summed E-state index contributed by atoms with van der Waals surface area (Å²) < 4.78 is 24.0. The molecule has 0 saturated carbocycles. The van der Waals surface area contributed by atoms with Crippen molar-refractivity contribution >= 4 is 33.1 Å². The van der Waals surface area contributed by atoms with Crippen LogP contribution in [0.4, 0.5) is 5.69 Å². The number of aromatic nitrogens is 3. The Morgan fingerprint density at radius 3 is 3.04 bits per heavy atom. The van der Waals surface area contributed by atoms with Gasteiger partial charge in [-0.05, 0) is 12.8 Å². The van der Waals surface area contributed by atoms with E-state index in [0.29, 0.717) is 35.8 Å². The van der Waals surface area contributed by atoms with Gasteiger partial charge in [-0.3, -0.25) is 9.89 Å². The van der Waals surface area contributed by atoms with Gasteiger partial charge in [0.1, 0.15) is 10.7 Å². The first-order valence-corrected chi connectivity index (χ1v) is 9.35. The van der Waals surface area contributed by atoms with Gasteiger partial charge >= 0.3 is 0 Å². The number of H-pyrrole nitrogens is 1. The topological polar surface area (TPSA) is 134 Å². The molecule has 0 aromatic carbocycles. The number of amides is 1. The largest absolute Gasteiger partial charge is 0.323 e. The van der Waals surface area contributed by atoms with Crippen molar-refractivity contribution in [2.24, 2.45) is 11.1 Å². The lowest BCUT2D eigenvalue weighted by atomic mass is 9.99. The number of carbonyl (C=O) groups excluding carboxylic acids is 1. The summed E-state index contributed by atoms with van der Waals surface area (Å²) in [6, 6.07) is 0. The van der Waals surface area contributed by atoms with Crippen molar-refractivity contribution in [3.05, 3.63) is 17.8 Å². The monoisotopic (exact) mass is 356 g/mol. The molecule has 11 heteroatoms. The van der Waals surface area contributed by atoms with E-state index in [1.165, 1.54) is 17.5 Å². The number of nitrogens with two attached hydrogens (primary N) is 1. The van der Waals surface area contributed by atoms with Crippen LogP contribution in [0, 0.1) is 5.92 Å². The molecule has 23 heavy (non-hydrogen) atoms. The predicted molar refractivity (Wildman–Crippen MR) is 85.7 cm³/mol. The van der Waals surface area contributed by atoms with Gasteiger partial charge in [0, 0.05) is 24.7 Å². The van der Waals surface area contributed by atoms with E-state index in [1.807, 2.05) is 5.38 Å². The quantitative estimate of drug-likeness (QED) is 0.728. The van der Waals surface area contributed by atoms with Gasteiger partial charge < -0.3 is 5.32 Å². The Kier molecular flexibility index (Phi) is 4.43. The molecule has 3 heterocycles. The second-order valence-electron chi connectivity index (χ2n) is 5.23. The maximum Gasteiger partial charge on any atom is 0.276 e. The molecular formula is C12H16N6O3S2. The van der Waals surface area contributed by atoms with Crippen LogP contribution in [0.15, 0.2) is 17.8 Å². The predicted octanol–water partition coefficient (Wildman–Crippen LogP) is 0.387. The highest BCUT2D eigenvalue weighted by Gasteiger charge is 2.31. The van der Waals surface area contributed by atoms with Crippen molar-refractivity contribution < 1.29 is 13.2 Å². The fourth-order valence-electron chi connectivity index (χ4n) is 2.51. The zero-order valence-corrected chi connectivity index (χ0v) is 13.7. The summed E-state index contributed by atoms with van der Waals surface area (Å²) in [5.41, 5.74) is 1.16. The minimum atomic E-state index is -3.77. The van der Waals surface area contributed by atoms with E-state index in [2.05, 4.69) is 20.5 Å². The maximum atomic E-state index is 12.4. The number of nitrogens with zero attached hydrogens (tertiary/aromatic N) is 3. The van der Waals surface area contributed by atoms with Crippen molar-refractivity contribution in [3.63, 3.8) is 0 Å². The minimum Gasteiger partial charge on any atom is -0.323 e. The highest BCUT2D eigenvalue weighted by atomic mass is 32.2. The van der Waals surface area contributed by atoms with Crippen molar-refractivity contribution in [1.82, 2.24) is 19.5 Å². The number of nitrogens with one attached hydrogen (secondary N) is 2. The fourth-order valence-corrected chi connectivity index (χ4v) is 3.93. The summed E-state index contributed by atoms with van der Waals surface area (Å²) in [4.78, 5) is 16.6. The molecule has 0 spiro atoms. The molecule has 1 aliphatic rings. The molecule has 0 radical (unpaired) electrons. The van der Waals surface area contributed by atoms with E-state index in [1.54, 1.807) is 6.20 Å². The lowest BCUT2D eigenvalue weighted by Crippen LogP contribution is -2.46. The van der Waals surface area contributed by atoms with Gasteiger partial charge in [-0.25, -0.2) is 10.1 Å². The summed E-state index contributed by atoms with van der Waals surface area (Å²) >= 11 is 1.42. The van der Waals surface area contributed by atoms with Gasteiger partial charge in [0.15, 0.2) is 0 Å². The van der Waals surface area contributed by atoms with Crippen molar-refractivity contribution in [1.29, 1.82) is 0 Å². The summed E-state index contributed by atoms with van der Waals surface area (Å²) in [5.74, 6) is -0.696. The summed E-state index contributed by atoms with van der Waals surface area (Å²) in [5, 5.41) is 17.2. The smallest absolute Gasteiger partial charge is 0.276 e. The zero-order valence-electron chi connectivity index (χ0n) is 12.1. The SMILES string of the molecule is NS(=O)(=O)N1CCCC(C(=O)Nc2cn[nH]c2-c2nccs2)C1. The van der Waals surface area contributed by atoms with E-state index in [-0.39, 0.29) is 12.5 Å². The Morgan fingerprint density at radius 2 is 2.35 bits per heavy atom. The molecule has 124 valence electrons. The Hall–Kier alpha value is -1.82. The molecule has 1 saturated heterocycles. The first-order valence-electron chi connectivity index (χ1n) is 6.97. The number of carbonyl (C=O) groups is 1. The molecule has 1 fully saturated rings. The molecule has 1 atom stereocenters. The standard InChI is InChI=1S/C12H16N6O3S2/c13-23(20,21)18-4-1-2-8(7-18)11(19)16-9-6-15-17-10(9)12-14-3-5-22-12/h3,5-6,8H,1-2,4,7H2,(H,15,17)(H,16,19)(H2,13,20,21). The molecule has 2 aromatic heterocycles. The molecule has 0 bridgehead atoms. The third-order valence-corrected chi connectivity index (χ3v) is 5.50. The van der Waals surface area contributed by atoms with Crippen LogP contribution in [0.3, 0.4) is 0 Å². The second kappa shape index (κ2) is 6.35. The van der Waals surface area contributed by atoms with Crippen molar-refractivity contribution in [2.75, 3.05) is 18.4 Å². The Bertz CT molecular complexity index is 786. The van der Waals surface area contributed by atoms with Crippen LogP contribution in [0.25, 0.3) is 10.7 Å². The minimum absolute atomic E-state index is 0.0924. The Morgan fingerprint density at radius 1 is 1.52 bits per heavy atom. The first-order chi connectivity index (χ1) is 10.9. The van der Waals surface area contributed by atoms with Gasteiger partial charge in [-0.2, -0.15) is 17.8 Å². The van der Waals surface area contributed by atoms with E-state index >= 15 is 0 Å². The highest BCUT2D eigenvalue weighted by molar-refractivity contribution is 7.86. The summed E-state index contributed by atoms with van der Waals surface area (Å²) in [7, 11) is -3.77. The average molecular weight is 356 g/mol. The lowest BCUT2D eigenvalue weighted by Gasteiger charge is -2.29. The van der Waals surface area contributed by atoms with Gasteiger partial charge in [0.05, 0.1) is 17.8 Å². The van der Waals surface area contributed by atoms with Gasteiger partial charge in [0.25, 0.3) is 10.2 Å². The number of rotatable bonds is 4. The molecule has 0 aliphatic carbocycles. The normalized spacial score (nSPS) is 19.6. The summed E-state index contributed by atoms with van der Waals surface area (Å²) in [6.07, 6.45) is 4.38. The molecule has 2 aromatic rings. The average Bonchev–Trinajstić information content (AvgIpc) is 3.17. The van der Waals surface area contributed by atoms with Crippen LogP contribution in [0.1, 0.15) is 12.8 Å². The molecule has 3 rings (SSSR count). The molecule has 4 N–H and O–H groups in total. The number of aromatic amines is 1. The summed E-state index contributed by atoms with van der Waals surface area (Å²) in [6.45, 7) is 0.438. The van der Waals surface area contributed by atoms with Crippen molar-refractivity contribution in [3.8, 4) is 10.7 Å². The van der Waals surface area contributed by atoms with Gasteiger partial charge in [-0.1, -0.05) is 0 Å². The van der Waals surface area contributed by atoms with Crippen LogP contribution in [-0.2, 0) is 15.0 Å². The Balaban J connectivity index is 1.72. The van der Waals surface area contributed by atoms with Crippen LogP contribution in [0.2, 0.25) is 0 Å². The van der Waals surface area contributed by atoms with Gasteiger partial charge in [-0.15, -0.1) is 11.3 Å². The van der Waals surface area contributed by atoms with E-state index < -0.39 is 16.1 Å². The van der Waals surface area contributed by atoms with Crippen LogP contribution in [0.5, 0.6) is 0 Å². The number of anilines is 1. The lowest BCUT2D eigenvalue weighted by molar-refractivity contribution is -0.120. The second-order valence-corrected chi connectivity index (χ2v) is 7.67. The zero-order chi connectivity index (χ0) is 16.4. The number of thiazole rings is 1. The third-order valence-electron chi connectivity index (χ3n) is 3.66. The number of hydrogen-bond donors (Lipinski definition) is 3. The highest BCUT2D eigenvalue weighted by Crippen LogP contribution is 2.28. The molecule has 1 unspecified atom stereocenters. The third kappa shape index (κ3) is 3.58. The molecular weight excluding hydrogens is 340 g/mol. The van der Waals surface area contributed by atoms with Crippen molar-refractivity contribution in [2.45, 2.75) is 12.8 Å². The number of hydrogen-bond acceptors (Lipinski definition) is 6. The first kappa shape index (κ1) is 16.1. The maximum absolute atomic E-state index is 12.4. The van der Waals surface area contributed by atoms with Crippen LogP contribution >= 0.6 is 11.3 Å². The van der Waals surface area contributed by atoms with E-state index in [4.69, 9.17) is 5.14 Å². The molecule has 9 nitrogen and oxygen atoms in total. The van der Waals surface area contributed by atoms with Gasteiger partial charge in [0.2, 0.25) is 5.91 Å². The Labute approximate surface area is 137 Å². The van der Waals surface area contributed by atoms with E-state index in [0.717, 1.165) is 4.31 Å². The molecule has 1 aliphatic heterocycles. The van der Waals surface area contributed by atoms with Crippen LogP contribution < -0.4 is 10.5 Å². The number of piperidine rings is 1.